The molecule has 1 atom stereocenters. The van der Waals surface area contributed by atoms with E-state index in [0.717, 1.165) is 16.7 Å². The number of aromatic nitrogens is 1. The van der Waals surface area contributed by atoms with Crippen LogP contribution in [0.1, 0.15) is 12.0 Å². The standard InChI is InChI=1S/C21H21N3O6/c1-30-17-7-6-15(10-22-17)14-4-2-13(3-5-14)12-24-9-8-16(25)19(21(24)29)20(28)23-11-18(26)27/h2-7,10,19H,8-9,11-12H2,1H3,(H,23,28)(H,26,27). The molecule has 9 nitrogen and oxygen atoms in total. The first-order valence-electron chi connectivity index (χ1n) is 9.29. The number of Topliss-reactive ketones (excluding diaryl/α,β-unsaturated/α-hetero) is 1. The molecule has 2 N–H and O–H groups in total. The minimum absolute atomic E-state index is 0.0481. The van der Waals surface area contributed by atoms with Crippen molar-refractivity contribution in [1.82, 2.24) is 15.2 Å². The van der Waals surface area contributed by atoms with Gasteiger partial charge < -0.3 is 20.1 Å². The monoisotopic (exact) mass is 411 g/mol. The number of rotatable bonds is 7. The van der Waals surface area contributed by atoms with E-state index in [0.29, 0.717) is 5.88 Å². The minimum Gasteiger partial charge on any atom is -0.481 e. The second-order valence-electron chi connectivity index (χ2n) is 6.81. The predicted octanol–water partition coefficient (Wildman–Crippen LogP) is 0.876. The summed E-state index contributed by atoms with van der Waals surface area (Å²) in [6.45, 7) is -0.182. The number of benzene rings is 1. The van der Waals surface area contributed by atoms with Crippen molar-refractivity contribution >= 4 is 23.6 Å². The van der Waals surface area contributed by atoms with E-state index in [1.807, 2.05) is 30.3 Å². The van der Waals surface area contributed by atoms with Gasteiger partial charge in [0, 0.05) is 37.3 Å². The van der Waals surface area contributed by atoms with Crippen molar-refractivity contribution in [1.29, 1.82) is 0 Å². The molecule has 156 valence electrons. The van der Waals surface area contributed by atoms with Crippen molar-refractivity contribution in [3.8, 4) is 17.0 Å². The summed E-state index contributed by atoms with van der Waals surface area (Å²) in [6.07, 6.45) is 1.75. The topological polar surface area (TPSA) is 126 Å². The number of ketones is 1. The third-order valence-corrected chi connectivity index (χ3v) is 4.79. The van der Waals surface area contributed by atoms with Gasteiger partial charge in [0.1, 0.15) is 6.54 Å². The van der Waals surface area contributed by atoms with Crippen LogP contribution in [-0.4, -0.2) is 58.8 Å². The van der Waals surface area contributed by atoms with Crippen LogP contribution < -0.4 is 10.1 Å². The first-order chi connectivity index (χ1) is 14.4. The molecule has 1 aromatic heterocycles. The van der Waals surface area contributed by atoms with Gasteiger partial charge in [-0.2, -0.15) is 0 Å². The van der Waals surface area contributed by atoms with Gasteiger partial charge in [-0.1, -0.05) is 24.3 Å². The molecule has 1 fully saturated rings. The number of hydrogen-bond acceptors (Lipinski definition) is 6. The average molecular weight is 411 g/mol. The van der Waals surface area contributed by atoms with E-state index in [-0.39, 0.29) is 19.5 Å². The molecule has 30 heavy (non-hydrogen) atoms. The molecule has 0 spiro atoms. The molecule has 9 heteroatoms. The molecule has 1 aliphatic rings. The Morgan fingerprint density at radius 1 is 1.17 bits per heavy atom. The normalized spacial score (nSPS) is 16.3. The molecule has 1 unspecified atom stereocenters. The van der Waals surface area contributed by atoms with Crippen LogP contribution in [0, 0.1) is 5.92 Å². The van der Waals surface area contributed by atoms with Crippen molar-refractivity contribution < 1.29 is 29.0 Å². The van der Waals surface area contributed by atoms with Crippen molar-refractivity contribution in [2.45, 2.75) is 13.0 Å². The van der Waals surface area contributed by atoms with Crippen LogP contribution in [0.2, 0.25) is 0 Å². The third kappa shape index (κ3) is 4.80. The fourth-order valence-corrected chi connectivity index (χ4v) is 3.19. The van der Waals surface area contributed by atoms with Crippen LogP contribution in [-0.2, 0) is 25.7 Å². The third-order valence-electron chi connectivity index (χ3n) is 4.79. The largest absolute Gasteiger partial charge is 0.481 e. The second-order valence-corrected chi connectivity index (χ2v) is 6.81. The Labute approximate surface area is 172 Å². The average Bonchev–Trinajstić information content (AvgIpc) is 2.75. The number of carbonyl (C=O) groups is 4. The zero-order valence-corrected chi connectivity index (χ0v) is 16.3. The lowest BCUT2D eigenvalue weighted by Gasteiger charge is -2.30. The molecule has 1 aliphatic heterocycles. The maximum Gasteiger partial charge on any atom is 0.322 e. The zero-order chi connectivity index (χ0) is 21.7. The number of ether oxygens (including phenoxy) is 1. The molecule has 2 amide bonds. The molecule has 1 saturated heterocycles. The highest BCUT2D eigenvalue weighted by atomic mass is 16.5. The number of methoxy groups -OCH3 is 1. The number of carboxylic acids is 1. The molecule has 0 radical (unpaired) electrons. The SMILES string of the molecule is COc1ccc(-c2ccc(CN3CCC(=O)C(C(=O)NCC(=O)O)C3=O)cc2)cn1. The maximum absolute atomic E-state index is 12.7. The predicted molar refractivity (Wildman–Crippen MR) is 105 cm³/mol. The van der Waals surface area contributed by atoms with E-state index in [2.05, 4.69) is 10.3 Å². The Morgan fingerprint density at radius 2 is 1.87 bits per heavy atom. The van der Waals surface area contributed by atoms with Crippen molar-refractivity contribution in [2.75, 3.05) is 20.2 Å². The highest BCUT2D eigenvalue weighted by Gasteiger charge is 2.40. The number of piperidine rings is 1. The smallest absolute Gasteiger partial charge is 0.322 e. The van der Waals surface area contributed by atoms with Crippen LogP contribution in [0.3, 0.4) is 0 Å². The Bertz CT molecular complexity index is 956. The number of nitrogens with zero attached hydrogens (tertiary/aromatic N) is 2. The number of amides is 2. The summed E-state index contributed by atoms with van der Waals surface area (Å²) in [5.41, 5.74) is 2.70. The summed E-state index contributed by atoms with van der Waals surface area (Å²) < 4.78 is 5.05. The van der Waals surface area contributed by atoms with Crippen LogP contribution in [0.15, 0.2) is 42.6 Å². The molecule has 0 bridgehead atoms. The summed E-state index contributed by atoms with van der Waals surface area (Å²) in [6, 6.07) is 11.2. The van der Waals surface area contributed by atoms with E-state index in [1.165, 1.54) is 4.90 Å². The van der Waals surface area contributed by atoms with Gasteiger partial charge in [0.05, 0.1) is 7.11 Å². The van der Waals surface area contributed by atoms with Crippen LogP contribution in [0.5, 0.6) is 5.88 Å². The highest BCUT2D eigenvalue weighted by molar-refractivity contribution is 6.19. The number of hydrogen-bond donors (Lipinski definition) is 2. The molecular weight excluding hydrogens is 390 g/mol. The van der Waals surface area contributed by atoms with Crippen molar-refractivity contribution in [3.05, 3.63) is 48.2 Å². The van der Waals surface area contributed by atoms with Gasteiger partial charge >= 0.3 is 5.97 Å². The number of aliphatic carboxylic acids is 1. The summed E-state index contributed by atoms with van der Waals surface area (Å²) in [7, 11) is 1.55. The molecule has 0 aliphatic carbocycles. The van der Waals surface area contributed by atoms with E-state index in [4.69, 9.17) is 9.84 Å². The lowest BCUT2D eigenvalue weighted by atomic mass is 9.94. The number of carboxylic acid groups (broad SMARTS) is 1. The Morgan fingerprint density at radius 3 is 2.47 bits per heavy atom. The molecule has 0 saturated carbocycles. The van der Waals surface area contributed by atoms with Gasteiger partial charge in [-0.15, -0.1) is 0 Å². The van der Waals surface area contributed by atoms with E-state index < -0.39 is 36.0 Å². The van der Waals surface area contributed by atoms with Gasteiger partial charge in [-0.25, -0.2) is 4.98 Å². The minimum atomic E-state index is -1.50. The molecule has 1 aromatic carbocycles. The second kappa shape index (κ2) is 9.17. The van der Waals surface area contributed by atoms with Crippen LogP contribution >= 0.6 is 0 Å². The first kappa shape index (κ1) is 21.0. The molecule has 3 rings (SSSR count). The fourth-order valence-electron chi connectivity index (χ4n) is 3.19. The van der Waals surface area contributed by atoms with Crippen molar-refractivity contribution in [2.24, 2.45) is 5.92 Å². The Kier molecular flexibility index (Phi) is 6.41. The van der Waals surface area contributed by atoms with E-state index in [1.54, 1.807) is 19.4 Å². The molecular formula is C21H21N3O6. The highest BCUT2D eigenvalue weighted by Crippen LogP contribution is 2.23. The Hall–Kier alpha value is -3.75. The summed E-state index contributed by atoms with van der Waals surface area (Å²) in [5, 5.41) is 10.8. The number of likely N-dealkylation sites (tertiary alicyclic amines) is 1. The Balaban J connectivity index is 1.67. The van der Waals surface area contributed by atoms with Gasteiger partial charge in [-0.05, 0) is 17.2 Å². The van der Waals surface area contributed by atoms with E-state index in [9.17, 15) is 19.2 Å². The van der Waals surface area contributed by atoms with Gasteiger partial charge in [0.2, 0.25) is 17.7 Å². The zero-order valence-electron chi connectivity index (χ0n) is 16.3. The van der Waals surface area contributed by atoms with Gasteiger partial charge in [0.25, 0.3) is 0 Å². The number of carbonyl (C=O) groups excluding carboxylic acids is 3. The molecule has 2 heterocycles. The van der Waals surface area contributed by atoms with Gasteiger partial charge in [0.15, 0.2) is 11.7 Å². The summed E-state index contributed by atoms with van der Waals surface area (Å²) >= 11 is 0. The lowest BCUT2D eigenvalue weighted by Crippen LogP contribution is -2.52. The maximum atomic E-state index is 12.7. The number of pyridine rings is 1. The first-order valence-corrected chi connectivity index (χ1v) is 9.29. The van der Waals surface area contributed by atoms with Gasteiger partial charge in [-0.3, -0.25) is 19.2 Å². The summed E-state index contributed by atoms with van der Waals surface area (Å²) in [4.78, 5) is 53.1. The fraction of sp³-hybridized carbons (Fsp3) is 0.286. The van der Waals surface area contributed by atoms with Crippen molar-refractivity contribution in [3.63, 3.8) is 0 Å². The molecule has 2 aromatic rings. The van der Waals surface area contributed by atoms with Crippen LogP contribution in [0.25, 0.3) is 11.1 Å². The van der Waals surface area contributed by atoms with Crippen LogP contribution in [0.4, 0.5) is 0 Å². The number of nitrogens with one attached hydrogen (secondary N) is 1. The summed E-state index contributed by atoms with van der Waals surface area (Å²) in [5.74, 6) is -4.21. The lowest BCUT2D eigenvalue weighted by molar-refractivity contribution is -0.152. The quantitative estimate of drug-likeness (QED) is 0.648. The van der Waals surface area contributed by atoms with E-state index >= 15 is 0 Å².